The van der Waals surface area contributed by atoms with Crippen LogP contribution in [0.25, 0.3) is 0 Å². The number of thioether (sulfide) groups is 1. The number of ether oxygens (including phenoxy) is 1. The molecule has 2 N–H and O–H groups in total. The second-order valence-electron chi connectivity index (χ2n) is 5.83. The van der Waals surface area contributed by atoms with Crippen LogP contribution in [0.2, 0.25) is 0 Å². The van der Waals surface area contributed by atoms with E-state index in [2.05, 4.69) is 42.1 Å². The molecule has 2 heterocycles. The van der Waals surface area contributed by atoms with Gasteiger partial charge in [-0.3, -0.25) is 0 Å². The maximum absolute atomic E-state index is 6.50. The van der Waals surface area contributed by atoms with Crippen LogP contribution < -0.4 is 5.73 Å². The van der Waals surface area contributed by atoms with E-state index in [1.165, 1.54) is 29.9 Å². The van der Waals surface area contributed by atoms with Crippen LogP contribution in [0.15, 0.2) is 30.3 Å². The molecule has 1 spiro atoms. The molecule has 0 aliphatic carbocycles. The smallest absolute Gasteiger partial charge is 0.0701 e. The van der Waals surface area contributed by atoms with E-state index in [4.69, 9.17) is 10.5 Å². The molecule has 0 amide bonds. The summed E-state index contributed by atoms with van der Waals surface area (Å²) in [5, 5.41) is 0. The zero-order valence-corrected chi connectivity index (χ0v) is 12.2. The highest BCUT2D eigenvalue weighted by atomic mass is 32.2. The highest BCUT2D eigenvalue weighted by molar-refractivity contribution is 7.99. The molecular formula is C16H23NOS. The molecule has 2 saturated heterocycles. The number of rotatable bonds is 2. The fourth-order valence-electron chi connectivity index (χ4n) is 3.41. The van der Waals surface area contributed by atoms with Gasteiger partial charge in [-0.05, 0) is 48.7 Å². The Balaban J connectivity index is 1.71. The van der Waals surface area contributed by atoms with Crippen LogP contribution >= 0.6 is 11.8 Å². The quantitative estimate of drug-likeness (QED) is 0.900. The molecule has 1 aromatic carbocycles. The summed E-state index contributed by atoms with van der Waals surface area (Å²) in [6.07, 6.45) is 4.65. The molecule has 0 bridgehead atoms. The summed E-state index contributed by atoms with van der Waals surface area (Å²) in [5.41, 5.74) is 7.91. The summed E-state index contributed by atoms with van der Waals surface area (Å²) >= 11 is 2.06. The minimum atomic E-state index is 0.139. The summed E-state index contributed by atoms with van der Waals surface area (Å²) in [6.45, 7) is 0.885. The van der Waals surface area contributed by atoms with E-state index < -0.39 is 0 Å². The van der Waals surface area contributed by atoms with Crippen molar-refractivity contribution in [2.45, 2.75) is 37.3 Å². The molecule has 2 unspecified atom stereocenters. The number of benzene rings is 1. The van der Waals surface area contributed by atoms with Crippen molar-refractivity contribution in [2.24, 2.45) is 11.7 Å². The zero-order chi connectivity index (χ0) is 13.1. The van der Waals surface area contributed by atoms with Gasteiger partial charge in [-0.15, -0.1) is 0 Å². The summed E-state index contributed by atoms with van der Waals surface area (Å²) in [7, 11) is 0. The first-order chi connectivity index (χ1) is 9.29. The first-order valence-electron chi connectivity index (χ1n) is 7.31. The first-order valence-corrected chi connectivity index (χ1v) is 8.47. The highest BCUT2D eigenvalue weighted by Crippen LogP contribution is 2.42. The molecule has 2 aliphatic rings. The van der Waals surface area contributed by atoms with Gasteiger partial charge in [0.15, 0.2) is 0 Å². The SMILES string of the molecule is NC(c1ccccc1)C1CCOC2(CCSCC2)C1. The van der Waals surface area contributed by atoms with Crippen molar-refractivity contribution in [1.29, 1.82) is 0 Å². The average molecular weight is 277 g/mol. The fraction of sp³-hybridized carbons (Fsp3) is 0.625. The number of nitrogens with two attached hydrogens (primary N) is 1. The topological polar surface area (TPSA) is 35.2 Å². The third-order valence-electron chi connectivity index (χ3n) is 4.63. The molecule has 0 aromatic heterocycles. The molecule has 3 rings (SSSR count). The van der Waals surface area contributed by atoms with E-state index in [9.17, 15) is 0 Å². The normalized spacial score (nSPS) is 28.2. The average Bonchev–Trinajstić information content (AvgIpc) is 2.48. The van der Waals surface area contributed by atoms with E-state index >= 15 is 0 Å². The van der Waals surface area contributed by atoms with Gasteiger partial charge in [0.05, 0.1) is 5.60 Å². The highest BCUT2D eigenvalue weighted by Gasteiger charge is 2.40. The Morgan fingerprint density at radius 2 is 1.95 bits per heavy atom. The fourth-order valence-corrected chi connectivity index (χ4v) is 4.65. The monoisotopic (exact) mass is 277 g/mol. The van der Waals surface area contributed by atoms with Gasteiger partial charge in [0, 0.05) is 12.6 Å². The van der Waals surface area contributed by atoms with Gasteiger partial charge in [-0.25, -0.2) is 0 Å². The Kier molecular flexibility index (Phi) is 4.15. The molecular weight excluding hydrogens is 254 g/mol. The van der Waals surface area contributed by atoms with Crippen LogP contribution in [0.5, 0.6) is 0 Å². The molecule has 0 radical (unpaired) electrons. The molecule has 0 saturated carbocycles. The zero-order valence-electron chi connectivity index (χ0n) is 11.4. The lowest BCUT2D eigenvalue weighted by Gasteiger charge is -2.44. The van der Waals surface area contributed by atoms with Crippen LogP contribution in [-0.4, -0.2) is 23.7 Å². The lowest BCUT2D eigenvalue weighted by Crippen LogP contribution is -2.45. The molecule has 1 aromatic rings. The Morgan fingerprint density at radius 1 is 1.21 bits per heavy atom. The van der Waals surface area contributed by atoms with Gasteiger partial charge in [-0.2, -0.15) is 11.8 Å². The molecule has 2 nitrogen and oxygen atoms in total. The molecule has 2 aliphatic heterocycles. The lowest BCUT2D eigenvalue weighted by molar-refractivity contribution is -0.105. The molecule has 104 valence electrons. The van der Waals surface area contributed by atoms with Crippen molar-refractivity contribution in [1.82, 2.24) is 0 Å². The van der Waals surface area contributed by atoms with Crippen LogP contribution in [0.4, 0.5) is 0 Å². The van der Waals surface area contributed by atoms with Gasteiger partial charge in [0.2, 0.25) is 0 Å². The van der Waals surface area contributed by atoms with Gasteiger partial charge in [-0.1, -0.05) is 30.3 Å². The Morgan fingerprint density at radius 3 is 2.68 bits per heavy atom. The van der Waals surface area contributed by atoms with Crippen molar-refractivity contribution < 1.29 is 4.74 Å². The van der Waals surface area contributed by atoms with Gasteiger partial charge in [0.1, 0.15) is 0 Å². The number of hydrogen-bond acceptors (Lipinski definition) is 3. The van der Waals surface area contributed by atoms with Crippen LogP contribution in [0, 0.1) is 5.92 Å². The van der Waals surface area contributed by atoms with E-state index in [0.29, 0.717) is 5.92 Å². The number of hydrogen-bond donors (Lipinski definition) is 1. The Labute approximate surface area is 120 Å². The van der Waals surface area contributed by atoms with Gasteiger partial charge in [0.25, 0.3) is 0 Å². The third-order valence-corrected chi connectivity index (χ3v) is 5.61. The summed E-state index contributed by atoms with van der Waals surface area (Å²) < 4.78 is 6.15. The van der Waals surface area contributed by atoms with Crippen LogP contribution in [0.3, 0.4) is 0 Å². The lowest BCUT2D eigenvalue weighted by atomic mass is 9.77. The molecule has 3 heteroatoms. The second kappa shape index (κ2) is 5.86. The van der Waals surface area contributed by atoms with Crippen molar-refractivity contribution in [3.05, 3.63) is 35.9 Å². The van der Waals surface area contributed by atoms with Crippen molar-refractivity contribution in [3.63, 3.8) is 0 Å². The molecule has 19 heavy (non-hydrogen) atoms. The maximum Gasteiger partial charge on any atom is 0.0701 e. The van der Waals surface area contributed by atoms with Crippen molar-refractivity contribution >= 4 is 11.8 Å². The van der Waals surface area contributed by atoms with E-state index in [-0.39, 0.29) is 11.6 Å². The standard InChI is InChI=1S/C16H23NOS/c17-15(13-4-2-1-3-5-13)14-6-9-18-16(12-14)7-10-19-11-8-16/h1-5,14-15H,6-12,17H2. The summed E-state index contributed by atoms with van der Waals surface area (Å²) in [4.78, 5) is 0. The predicted octanol–water partition coefficient (Wildman–Crippen LogP) is 3.38. The van der Waals surface area contributed by atoms with Crippen molar-refractivity contribution in [3.8, 4) is 0 Å². The van der Waals surface area contributed by atoms with E-state index in [1.54, 1.807) is 0 Å². The first kappa shape index (κ1) is 13.5. The maximum atomic E-state index is 6.50. The Bertz CT molecular complexity index is 397. The minimum absolute atomic E-state index is 0.139. The molecule has 2 atom stereocenters. The van der Waals surface area contributed by atoms with Crippen LogP contribution in [-0.2, 0) is 4.74 Å². The summed E-state index contributed by atoms with van der Waals surface area (Å²) in [5.74, 6) is 3.06. The van der Waals surface area contributed by atoms with Gasteiger partial charge < -0.3 is 10.5 Å². The van der Waals surface area contributed by atoms with Crippen molar-refractivity contribution in [2.75, 3.05) is 18.1 Å². The second-order valence-corrected chi connectivity index (χ2v) is 7.06. The molecule has 2 fully saturated rings. The predicted molar refractivity (Wildman–Crippen MR) is 81.3 cm³/mol. The Hall–Kier alpha value is -0.510. The van der Waals surface area contributed by atoms with Crippen LogP contribution in [0.1, 0.15) is 37.3 Å². The van der Waals surface area contributed by atoms with E-state index in [1.807, 2.05) is 0 Å². The van der Waals surface area contributed by atoms with E-state index in [0.717, 1.165) is 19.4 Å². The summed E-state index contributed by atoms with van der Waals surface area (Å²) in [6, 6.07) is 10.7. The third kappa shape index (κ3) is 2.99. The van der Waals surface area contributed by atoms with Gasteiger partial charge >= 0.3 is 0 Å². The minimum Gasteiger partial charge on any atom is -0.375 e. The largest absolute Gasteiger partial charge is 0.375 e.